The first kappa shape index (κ1) is 14.1. The zero-order chi connectivity index (χ0) is 14.7. The molecule has 108 valence electrons. The maximum atomic E-state index is 11.7. The maximum absolute atomic E-state index is 11.7. The summed E-state index contributed by atoms with van der Waals surface area (Å²) in [5.41, 5.74) is 2.62. The summed E-state index contributed by atoms with van der Waals surface area (Å²) in [5.74, 6) is -0.0946. The van der Waals surface area contributed by atoms with Crippen LogP contribution in [0.1, 0.15) is 22.8 Å². The van der Waals surface area contributed by atoms with E-state index in [4.69, 9.17) is 14.7 Å². The largest absolute Gasteiger partial charge is 0.491 e. The fourth-order valence-electron chi connectivity index (χ4n) is 2.03. The van der Waals surface area contributed by atoms with E-state index in [0.29, 0.717) is 18.9 Å². The van der Waals surface area contributed by atoms with E-state index >= 15 is 0 Å². The van der Waals surface area contributed by atoms with E-state index in [-0.39, 0.29) is 11.6 Å². The Morgan fingerprint density at radius 1 is 1.50 bits per heavy atom. The first-order chi connectivity index (χ1) is 9.56. The number of hydrogen-bond acceptors (Lipinski definition) is 5. The number of rotatable bonds is 1. The number of carbonyl (C=O) groups is 2. The predicted molar refractivity (Wildman–Crippen MR) is 68.6 cm³/mol. The maximum Gasteiger partial charge on any atom is 0.410 e. The van der Waals surface area contributed by atoms with Gasteiger partial charge < -0.3 is 9.47 Å². The van der Waals surface area contributed by atoms with Gasteiger partial charge >= 0.3 is 6.09 Å². The smallest absolute Gasteiger partial charge is 0.410 e. The summed E-state index contributed by atoms with van der Waals surface area (Å²) in [6, 6.07) is 4.63. The molecule has 0 aromatic heterocycles. The lowest BCUT2D eigenvalue weighted by molar-refractivity contribution is 0.0706. The van der Waals surface area contributed by atoms with Crippen molar-refractivity contribution in [3.63, 3.8) is 0 Å². The average Bonchev–Trinajstić information content (AvgIpc) is 2.64. The van der Waals surface area contributed by atoms with Crippen molar-refractivity contribution in [2.24, 2.45) is 0 Å². The number of methoxy groups -OCH3 is 1. The van der Waals surface area contributed by atoms with Gasteiger partial charge in [-0.2, -0.15) is 0 Å². The number of nitrogens with one attached hydrogen (secondary N) is 1. The van der Waals surface area contributed by atoms with Crippen LogP contribution in [0, 0.1) is 0 Å². The van der Waals surface area contributed by atoms with E-state index in [1.807, 2.05) is 6.92 Å². The zero-order valence-electron chi connectivity index (χ0n) is 11.3. The Hall–Kier alpha value is -2.28. The van der Waals surface area contributed by atoms with Gasteiger partial charge in [0.25, 0.3) is 5.91 Å². The zero-order valence-corrected chi connectivity index (χ0v) is 11.3. The van der Waals surface area contributed by atoms with Crippen LogP contribution in [0.5, 0.6) is 5.75 Å². The van der Waals surface area contributed by atoms with Crippen LogP contribution in [0.25, 0.3) is 0 Å². The number of hydroxylamine groups is 1. The molecule has 0 spiro atoms. The standard InChI is InChI=1S/C13H16N2O5/c1-8-7-20-11-5-9(12(16)14-18)3-4-10(11)6-15(8)13(17)19-2/h3-5,8,18H,6-7H2,1-2H3,(H,14,16)/t8-/m0/s1. The van der Waals surface area contributed by atoms with Crippen LogP contribution in [0.4, 0.5) is 4.79 Å². The second kappa shape index (κ2) is 5.79. The number of ether oxygens (including phenoxy) is 2. The minimum Gasteiger partial charge on any atom is -0.491 e. The van der Waals surface area contributed by atoms with Gasteiger partial charge in [0.05, 0.1) is 19.7 Å². The van der Waals surface area contributed by atoms with E-state index in [1.165, 1.54) is 13.2 Å². The number of fused-ring (bicyclic) bond motifs is 1. The molecular formula is C13H16N2O5. The molecule has 1 atom stereocenters. The number of nitrogens with zero attached hydrogens (tertiary/aromatic N) is 1. The van der Waals surface area contributed by atoms with E-state index in [2.05, 4.69) is 0 Å². The molecule has 1 aromatic rings. The molecule has 1 aliphatic rings. The highest BCUT2D eigenvalue weighted by Crippen LogP contribution is 2.26. The lowest BCUT2D eigenvalue weighted by Gasteiger charge is -2.24. The topological polar surface area (TPSA) is 88.1 Å². The van der Waals surface area contributed by atoms with Crippen molar-refractivity contribution in [2.45, 2.75) is 19.5 Å². The predicted octanol–water partition coefficient (Wildman–Crippen LogP) is 1.15. The first-order valence-electron chi connectivity index (χ1n) is 6.11. The minimum absolute atomic E-state index is 0.148. The van der Waals surface area contributed by atoms with Crippen LogP contribution in [0.3, 0.4) is 0 Å². The second-order valence-corrected chi connectivity index (χ2v) is 4.52. The highest BCUT2D eigenvalue weighted by Gasteiger charge is 2.26. The van der Waals surface area contributed by atoms with Crippen molar-refractivity contribution in [1.29, 1.82) is 0 Å². The molecule has 1 aromatic carbocycles. The van der Waals surface area contributed by atoms with Crippen molar-refractivity contribution in [3.8, 4) is 5.75 Å². The summed E-state index contributed by atoms with van der Waals surface area (Å²) in [7, 11) is 1.33. The summed E-state index contributed by atoms with van der Waals surface area (Å²) in [6.07, 6.45) is -0.425. The molecule has 0 fully saturated rings. The van der Waals surface area contributed by atoms with Gasteiger partial charge in [-0.1, -0.05) is 6.07 Å². The van der Waals surface area contributed by atoms with Crippen LogP contribution in [0.15, 0.2) is 18.2 Å². The van der Waals surface area contributed by atoms with Gasteiger partial charge in [0.2, 0.25) is 0 Å². The molecular weight excluding hydrogens is 264 g/mol. The lowest BCUT2D eigenvalue weighted by Crippen LogP contribution is -2.39. The average molecular weight is 280 g/mol. The molecule has 1 aliphatic heterocycles. The molecule has 2 amide bonds. The Kier molecular flexibility index (Phi) is 4.09. The third kappa shape index (κ3) is 2.67. The number of hydrogen-bond donors (Lipinski definition) is 2. The van der Waals surface area contributed by atoms with Crippen molar-refractivity contribution < 1.29 is 24.3 Å². The SMILES string of the molecule is COC(=O)N1Cc2ccc(C(=O)NO)cc2OC[C@@H]1C. The third-order valence-electron chi connectivity index (χ3n) is 3.19. The molecule has 2 rings (SSSR count). The van der Waals surface area contributed by atoms with E-state index in [9.17, 15) is 9.59 Å². The minimum atomic E-state index is -0.612. The van der Waals surface area contributed by atoms with Crippen LogP contribution in [0.2, 0.25) is 0 Å². The van der Waals surface area contributed by atoms with Gasteiger partial charge in [0.15, 0.2) is 0 Å². The molecule has 2 N–H and O–H groups in total. The summed E-state index contributed by atoms with van der Waals surface area (Å²) in [4.78, 5) is 24.6. The van der Waals surface area contributed by atoms with Crippen LogP contribution >= 0.6 is 0 Å². The van der Waals surface area contributed by atoms with Gasteiger partial charge in [0, 0.05) is 11.1 Å². The first-order valence-corrected chi connectivity index (χ1v) is 6.11. The highest BCUT2D eigenvalue weighted by molar-refractivity contribution is 5.93. The monoisotopic (exact) mass is 280 g/mol. The summed E-state index contributed by atoms with van der Waals surface area (Å²) < 4.78 is 10.4. The Morgan fingerprint density at radius 3 is 2.90 bits per heavy atom. The van der Waals surface area contributed by atoms with Gasteiger partial charge in [-0.25, -0.2) is 10.3 Å². The number of carbonyl (C=O) groups excluding carboxylic acids is 2. The molecule has 0 saturated carbocycles. The number of amides is 2. The quantitative estimate of drug-likeness (QED) is 0.595. The third-order valence-corrected chi connectivity index (χ3v) is 3.19. The molecule has 7 nitrogen and oxygen atoms in total. The Labute approximate surface area is 116 Å². The summed E-state index contributed by atoms with van der Waals surface area (Å²) in [6.45, 7) is 2.49. The van der Waals surface area contributed by atoms with E-state index in [0.717, 1.165) is 5.56 Å². The molecule has 0 bridgehead atoms. The Bertz CT molecular complexity index is 531. The number of benzene rings is 1. The van der Waals surface area contributed by atoms with E-state index < -0.39 is 12.0 Å². The molecule has 0 unspecified atom stereocenters. The van der Waals surface area contributed by atoms with Gasteiger partial charge in [0.1, 0.15) is 12.4 Å². The fourth-order valence-corrected chi connectivity index (χ4v) is 2.03. The van der Waals surface area contributed by atoms with Gasteiger partial charge in [-0.3, -0.25) is 14.9 Å². The van der Waals surface area contributed by atoms with Crippen molar-refractivity contribution in [2.75, 3.05) is 13.7 Å². The van der Waals surface area contributed by atoms with Crippen LogP contribution in [-0.4, -0.2) is 41.9 Å². The molecule has 0 aliphatic carbocycles. The molecule has 7 heteroatoms. The van der Waals surface area contributed by atoms with Gasteiger partial charge in [-0.15, -0.1) is 0 Å². The van der Waals surface area contributed by atoms with Crippen LogP contribution < -0.4 is 10.2 Å². The van der Waals surface area contributed by atoms with Crippen molar-refractivity contribution in [1.82, 2.24) is 10.4 Å². The lowest BCUT2D eigenvalue weighted by atomic mass is 10.1. The van der Waals surface area contributed by atoms with Crippen molar-refractivity contribution >= 4 is 12.0 Å². The van der Waals surface area contributed by atoms with Crippen molar-refractivity contribution in [3.05, 3.63) is 29.3 Å². The highest BCUT2D eigenvalue weighted by atomic mass is 16.5. The van der Waals surface area contributed by atoms with Crippen LogP contribution in [-0.2, 0) is 11.3 Å². The normalized spacial score (nSPS) is 17.6. The van der Waals surface area contributed by atoms with E-state index in [1.54, 1.807) is 22.5 Å². The molecule has 0 saturated heterocycles. The fraction of sp³-hybridized carbons (Fsp3) is 0.385. The molecule has 20 heavy (non-hydrogen) atoms. The molecule has 0 radical (unpaired) electrons. The summed E-state index contributed by atoms with van der Waals surface area (Å²) in [5, 5.41) is 8.63. The second-order valence-electron chi connectivity index (χ2n) is 4.52. The summed E-state index contributed by atoms with van der Waals surface area (Å²) >= 11 is 0. The Morgan fingerprint density at radius 2 is 2.25 bits per heavy atom. The Balaban J connectivity index is 2.30. The molecule has 1 heterocycles. The van der Waals surface area contributed by atoms with Gasteiger partial charge in [-0.05, 0) is 19.1 Å².